The fourth-order valence-electron chi connectivity index (χ4n) is 1.08. The van der Waals surface area contributed by atoms with E-state index < -0.39 is 0 Å². The first-order valence-electron chi connectivity index (χ1n) is 4.57. The number of halogens is 1. The highest BCUT2D eigenvalue weighted by Gasteiger charge is 2.07. The van der Waals surface area contributed by atoms with E-state index in [2.05, 4.69) is 4.74 Å². The van der Waals surface area contributed by atoms with Crippen LogP contribution < -0.4 is 0 Å². The van der Waals surface area contributed by atoms with Gasteiger partial charge in [-0.2, -0.15) is 5.26 Å². The molecule has 0 spiro atoms. The zero-order valence-corrected chi connectivity index (χ0v) is 10.3. The number of thioether (sulfide) groups is 1. The monoisotopic (exact) mass is 255 g/mol. The molecule has 0 unspecified atom stereocenters. The fourth-order valence-corrected chi connectivity index (χ4v) is 2.32. The molecule has 0 bridgehead atoms. The van der Waals surface area contributed by atoms with Gasteiger partial charge in [0.2, 0.25) is 0 Å². The van der Waals surface area contributed by atoms with Crippen molar-refractivity contribution in [3.63, 3.8) is 0 Å². The van der Waals surface area contributed by atoms with Crippen LogP contribution in [0.1, 0.15) is 12.0 Å². The summed E-state index contributed by atoms with van der Waals surface area (Å²) in [5.74, 6) is 0.315. The highest BCUT2D eigenvalue weighted by molar-refractivity contribution is 7.99. The van der Waals surface area contributed by atoms with Crippen molar-refractivity contribution in [2.24, 2.45) is 0 Å². The molecule has 1 aromatic carbocycles. The van der Waals surface area contributed by atoms with E-state index >= 15 is 0 Å². The van der Waals surface area contributed by atoms with Gasteiger partial charge in [-0.1, -0.05) is 17.7 Å². The third-order valence-electron chi connectivity index (χ3n) is 1.88. The van der Waals surface area contributed by atoms with Crippen LogP contribution in [0, 0.1) is 11.3 Å². The summed E-state index contributed by atoms with van der Waals surface area (Å²) in [6.45, 7) is 0. The molecule has 0 aliphatic carbocycles. The molecular weight excluding hydrogens is 246 g/mol. The molecular formula is C11H10ClNO2S. The number of carbonyl (C=O) groups excluding carboxylic acids is 1. The van der Waals surface area contributed by atoms with E-state index in [4.69, 9.17) is 16.9 Å². The van der Waals surface area contributed by atoms with E-state index in [1.54, 1.807) is 12.1 Å². The Bertz CT molecular complexity index is 428. The first-order valence-corrected chi connectivity index (χ1v) is 5.93. The Hall–Kier alpha value is -1.18. The lowest BCUT2D eigenvalue weighted by atomic mass is 10.2. The SMILES string of the molecule is COC(=O)CCSc1cccc(Cl)c1C#N. The predicted octanol–water partition coefficient (Wildman–Crippen LogP) is 2.87. The summed E-state index contributed by atoms with van der Waals surface area (Å²) in [4.78, 5) is 11.7. The Labute approximate surface area is 103 Å². The summed E-state index contributed by atoms with van der Waals surface area (Å²) in [5, 5.41) is 9.35. The first kappa shape index (κ1) is 12.9. The first-order chi connectivity index (χ1) is 7.69. The van der Waals surface area contributed by atoms with Gasteiger partial charge in [-0.25, -0.2) is 0 Å². The summed E-state index contributed by atoms with van der Waals surface area (Å²) in [6, 6.07) is 7.31. The molecule has 0 saturated heterocycles. The van der Waals surface area contributed by atoms with Gasteiger partial charge in [0.05, 0.1) is 24.1 Å². The van der Waals surface area contributed by atoms with E-state index in [1.165, 1.54) is 18.9 Å². The Morgan fingerprint density at radius 2 is 2.38 bits per heavy atom. The van der Waals surface area contributed by atoms with Crippen LogP contribution in [0.15, 0.2) is 23.1 Å². The number of benzene rings is 1. The zero-order chi connectivity index (χ0) is 12.0. The van der Waals surface area contributed by atoms with Gasteiger partial charge in [-0.3, -0.25) is 4.79 Å². The fraction of sp³-hybridized carbons (Fsp3) is 0.273. The Morgan fingerprint density at radius 3 is 3.00 bits per heavy atom. The number of rotatable bonds is 4. The zero-order valence-electron chi connectivity index (χ0n) is 8.70. The summed E-state index contributed by atoms with van der Waals surface area (Å²) < 4.78 is 4.53. The van der Waals surface area contributed by atoms with Crippen molar-refractivity contribution in [1.82, 2.24) is 0 Å². The van der Waals surface area contributed by atoms with E-state index in [9.17, 15) is 4.79 Å². The van der Waals surface area contributed by atoms with Crippen molar-refractivity contribution in [1.29, 1.82) is 5.26 Å². The molecule has 0 aliphatic heterocycles. The maximum absolute atomic E-state index is 10.9. The molecule has 0 aliphatic rings. The predicted molar refractivity (Wildman–Crippen MR) is 63.5 cm³/mol. The molecule has 5 heteroatoms. The summed E-state index contributed by atoms with van der Waals surface area (Å²) in [5.41, 5.74) is 0.457. The second-order valence-electron chi connectivity index (χ2n) is 2.90. The number of nitrogens with zero attached hydrogens (tertiary/aromatic N) is 1. The van der Waals surface area contributed by atoms with Gasteiger partial charge in [0.1, 0.15) is 6.07 Å². The van der Waals surface area contributed by atoms with Crippen molar-refractivity contribution in [3.05, 3.63) is 28.8 Å². The lowest BCUT2D eigenvalue weighted by molar-refractivity contribution is -0.140. The topological polar surface area (TPSA) is 50.1 Å². The van der Waals surface area contributed by atoms with Gasteiger partial charge >= 0.3 is 5.97 Å². The minimum absolute atomic E-state index is 0.256. The third-order valence-corrected chi connectivity index (χ3v) is 3.25. The summed E-state index contributed by atoms with van der Waals surface area (Å²) in [6.07, 6.45) is 0.318. The highest BCUT2D eigenvalue weighted by Crippen LogP contribution is 2.28. The van der Waals surface area contributed by atoms with Gasteiger partial charge in [0.15, 0.2) is 0 Å². The van der Waals surface area contributed by atoms with Crippen LogP contribution in [0.3, 0.4) is 0 Å². The minimum atomic E-state index is -0.256. The standard InChI is InChI=1S/C11H10ClNO2S/c1-15-11(14)5-6-16-10-4-2-3-9(12)8(10)7-13/h2-4H,5-6H2,1H3. The second kappa shape index (κ2) is 6.41. The molecule has 0 saturated carbocycles. The molecule has 0 fully saturated rings. The van der Waals surface area contributed by atoms with Crippen molar-refractivity contribution in [2.75, 3.05) is 12.9 Å². The van der Waals surface area contributed by atoms with Gasteiger partial charge in [0.25, 0.3) is 0 Å². The van der Waals surface area contributed by atoms with Crippen molar-refractivity contribution < 1.29 is 9.53 Å². The molecule has 0 N–H and O–H groups in total. The molecule has 3 nitrogen and oxygen atoms in total. The highest BCUT2D eigenvalue weighted by atomic mass is 35.5. The van der Waals surface area contributed by atoms with E-state index in [-0.39, 0.29) is 5.97 Å². The molecule has 0 amide bonds. The number of hydrogen-bond donors (Lipinski definition) is 0. The molecule has 84 valence electrons. The van der Waals surface area contributed by atoms with E-state index in [0.29, 0.717) is 22.8 Å². The average Bonchev–Trinajstić information content (AvgIpc) is 2.29. The van der Waals surface area contributed by atoms with Gasteiger partial charge in [-0.15, -0.1) is 11.8 Å². The quantitative estimate of drug-likeness (QED) is 0.613. The average molecular weight is 256 g/mol. The Balaban J connectivity index is 2.64. The Kier molecular flexibility index (Phi) is 5.17. The normalized spacial score (nSPS) is 9.56. The van der Waals surface area contributed by atoms with Crippen LogP contribution in [-0.2, 0) is 9.53 Å². The lowest BCUT2D eigenvalue weighted by Crippen LogP contribution is -2.01. The number of carbonyl (C=O) groups is 1. The van der Waals surface area contributed by atoms with Crippen LogP contribution in [0.4, 0.5) is 0 Å². The number of ether oxygens (including phenoxy) is 1. The maximum atomic E-state index is 10.9. The number of hydrogen-bond acceptors (Lipinski definition) is 4. The minimum Gasteiger partial charge on any atom is -0.469 e. The van der Waals surface area contributed by atoms with E-state index in [1.807, 2.05) is 12.1 Å². The second-order valence-corrected chi connectivity index (χ2v) is 4.44. The van der Waals surface area contributed by atoms with Gasteiger partial charge < -0.3 is 4.74 Å². The van der Waals surface area contributed by atoms with Gasteiger partial charge in [-0.05, 0) is 12.1 Å². The van der Waals surface area contributed by atoms with Crippen LogP contribution in [-0.4, -0.2) is 18.8 Å². The molecule has 1 rings (SSSR count). The Morgan fingerprint density at radius 1 is 1.62 bits per heavy atom. The maximum Gasteiger partial charge on any atom is 0.306 e. The largest absolute Gasteiger partial charge is 0.469 e. The van der Waals surface area contributed by atoms with E-state index in [0.717, 1.165) is 4.90 Å². The molecule has 1 aromatic rings. The van der Waals surface area contributed by atoms with Crippen LogP contribution >= 0.6 is 23.4 Å². The van der Waals surface area contributed by atoms with Gasteiger partial charge in [0, 0.05) is 10.6 Å². The van der Waals surface area contributed by atoms with Crippen molar-refractivity contribution in [2.45, 2.75) is 11.3 Å². The molecule has 16 heavy (non-hydrogen) atoms. The summed E-state index contributed by atoms with van der Waals surface area (Å²) >= 11 is 7.29. The number of methoxy groups -OCH3 is 1. The van der Waals surface area contributed by atoms with Crippen molar-refractivity contribution >= 4 is 29.3 Å². The molecule has 0 aromatic heterocycles. The third kappa shape index (κ3) is 3.44. The number of nitriles is 1. The molecule has 0 atom stereocenters. The molecule has 0 radical (unpaired) electrons. The number of esters is 1. The van der Waals surface area contributed by atoms with Crippen LogP contribution in [0.5, 0.6) is 0 Å². The lowest BCUT2D eigenvalue weighted by Gasteiger charge is -2.04. The smallest absolute Gasteiger partial charge is 0.306 e. The summed E-state index contributed by atoms with van der Waals surface area (Å²) in [7, 11) is 1.35. The van der Waals surface area contributed by atoms with Crippen LogP contribution in [0.2, 0.25) is 5.02 Å². The van der Waals surface area contributed by atoms with Crippen molar-refractivity contribution in [3.8, 4) is 6.07 Å². The molecule has 0 heterocycles. The van der Waals surface area contributed by atoms with Crippen LogP contribution in [0.25, 0.3) is 0 Å².